The van der Waals surface area contributed by atoms with Crippen molar-refractivity contribution in [3.05, 3.63) is 18.2 Å². The topological polar surface area (TPSA) is 37.4 Å². The Bertz CT molecular complexity index is 323. The van der Waals surface area contributed by atoms with Gasteiger partial charge in [-0.2, -0.15) is 4.98 Å². The molecule has 1 aliphatic heterocycles. The van der Waals surface area contributed by atoms with Crippen molar-refractivity contribution >= 4 is 5.82 Å². The lowest BCUT2D eigenvalue weighted by Gasteiger charge is -2.35. The fraction of sp³-hybridized carbons (Fsp3) is 0.545. The summed E-state index contributed by atoms with van der Waals surface area (Å²) in [5.41, 5.74) is 0. The van der Waals surface area contributed by atoms with Crippen LogP contribution in [0, 0.1) is 5.92 Å². The molecule has 1 fully saturated rings. The normalized spacial score (nSPS) is 17.2. The maximum absolute atomic E-state index is 5.62. The first-order valence-corrected chi connectivity index (χ1v) is 5.24. The van der Waals surface area contributed by atoms with Crippen molar-refractivity contribution in [2.24, 2.45) is 5.92 Å². The lowest BCUT2D eigenvalue weighted by atomic mass is 10.0. The largest absolute Gasteiger partial charge is 0.477 e. The van der Waals surface area contributed by atoms with Crippen molar-refractivity contribution in [3.63, 3.8) is 0 Å². The predicted molar refractivity (Wildman–Crippen MR) is 60.3 cm³/mol. The highest BCUT2D eigenvalue weighted by molar-refractivity contribution is 5.35. The minimum atomic E-state index is 0.662. The summed E-state index contributed by atoms with van der Waals surface area (Å²) in [6.45, 7) is 3.03. The van der Waals surface area contributed by atoms with Gasteiger partial charge in [-0.25, -0.2) is 0 Å². The first-order chi connectivity index (χ1) is 7.28. The van der Waals surface area contributed by atoms with E-state index in [-0.39, 0.29) is 0 Å². The highest BCUT2D eigenvalue weighted by atomic mass is 16.5. The Labute approximate surface area is 90.3 Å². The smallest absolute Gasteiger partial charge is 0.215 e. The van der Waals surface area contributed by atoms with Gasteiger partial charge in [-0.15, -0.1) is 0 Å². The molecule has 0 aliphatic carbocycles. The average molecular weight is 207 g/mol. The number of hydrogen-bond donors (Lipinski definition) is 1. The molecule has 1 aromatic heterocycles. The first kappa shape index (κ1) is 10.2. The van der Waals surface area contributed by atoms with Crippen molar-refractivity contribution in [2.75, 3.05) is 39.1 Å². The van der Waals surface area contributed by atoms with Gasteiger partial charge in [0.25, 0.3) is 0 Å². The molecule has 82 valence electrons. The Hall–Kier alpha value is -1.29. The number of rotatable bonds is 4. The summed E-state index contributed by atoms with van der Waals surface area (Å²) in [6, 6.07) is 5.76. The second-order valence-corrected chi connectivity index (χ2v) is 4.01. The third kappa shape index (κ3) is 2.59. The molecule has 0 unspecified atom stereocenters. The Morgan fingerprint density at radius 2 is 2.33 bits per heavy atom. The Morgan fingerprint density at radius 3 is 3.00 bits per heavy atom. The van der Waals surface area contributed by atoms with Gasteiger partial charge in [0.1, 0.15) is 5.82 Å². The van der Waals surface area contributed by atoms with E-state index in [1.807, 2.05) is 25.2 Å². The standard InChI is InChI=1S/C11H17N3O/c1-12-10-4-3-5-11(13-10)15-8-9-6-14(2)7-9/h3-5,9H,6-8H2,1-2H3,(H,12,13). The highest BCUT2D eigenvalue weighted by Gasteiger charge is 2.23. The number of nitrogens with one attached hydrogen (secondary N) is 1. The molecule has 0 bridgehead atoms. The molecule has 4 nitrogen and oxygen atoms in total. The van der Waals surface area contributed by atoms with Crippen LogP contribution in [0.4, 0.5) is 5.82 Å². The van der Waals surface area contributed by atoms with Gasteiger partial charge < -0.3 is 15.0 Å². The lowest BCUT2D eigenvalue weighted by molar-refractivity contribution is 0.0839. The van der Waals surface area contributed by atoms with Crippen LogP contribution >= 0.6 is 0 Å². The predicted octanol–water partition coefficient (Wildman–Crippen LogP) is 1.06. The van der Waals surface area contributed by atoms with E-state index in [9.17, 15) is 0 Å². The van der Waals surface area contributed by atoms with Crippen LogP contribution < -0.4 is 10.1 Å². The van der Waals surface area contributed by atoms with Crippen LogP contribution in [0.25, 0.3) is 0 Å². The summed E-state index contributed by atoms with van der Waals surface area (Å²) < 4.78 is 5.62. The number of aromatic nitrogens is 1. The Balaban J connectivity index is 1.82. The third-order valence-electron chi connectivity index (χ3n) is 2.59. The molecule has 0 spiro atoms. The van der Waals surface area contributed by atoms with Gasteiger partial charge in [0.15, 0.2) is 0 Å². The molecule has 1 saturated heterocycles. The molecule has 2 heterocycles. The van der Waals surface area contributed by atoms with E-state index >= 15 is 0 Å². The second kappa shape index (κ2) is 4.49. The molecule has 4 heteroatoms. The quantitative estimate of drug-likeness (QED) is 0.801. The first-order valence-electron chi connectivity index (χ1n) is 5.24. The molecule has 0 amide bonds. The van der Waals surface area contributed by atoms with Crippen molar-refractivity contribution < 1.29 is 4.74 Å². The van der Waals surface area contributed by atoms with E-state index in [0.29, 0.717) is 11.8 Å². The molecule has 0 radical (unpaired) electrons. The number of hydrogen-bond acceptors (Lipinski definition) is 4. The van der Waals surface area contributed by atoms with Crippen LogP contribution in [0.3, 0.4) is 0 Å². The lowest BCUT2D eigenvalue weighted by Crippen LogP contribution is -2.46. The van der Waals surface area contributed by atoms with E-state index < -0.39 is 0 Å². The van der Waals surface area contributed by atoms with Crippen LogP contribution in [0.5, 0.6) is 5.88 Å². The summed E-state index contributed by atoms with van der Waals surface area (Å²) in [7, 11) is 3.98. The molecule has 1 N–H and O–H groups in total. The third-order valence-corrected chi connectivity index (χ3v) is 2.59. The second-order valence-electron chi connectivity index (χ2n) is 4.01. The average Bonchev–Trinajstić information content (AvgIpc) is 2.23. The molecule has 1 aromatic rings. The zero-order valence-corrected chi connectivity index (χ0v) is 9.23. The number of pyridine rings is 1. The fourth-order valence-corrected chi connectivity index (χ4v) is 1.77. The monoisotopic (exact) mass is 207 g/mol. The van der Waals surface area contributed by atoms with Crippen LogP contribution in [0.1, 0.15) is 0 Å². The minimum absolute atomic E-state index is 0.662. The SMILES string of the molecule is CNc1cccc(OCC2CN(C)C2)n1. The molecular weight excluding hydrogens is 190 g/mol. The van der Waals surface area contributed by atoms with Crippen molar-refractivity contribution in [3.8, 4) is 5.88 Å². The van der Waals surface area contributed by atoms with Crippen LogP contribution in [-0.2, 0) is 0 Å². The van der Waals surface area contributed by atoms with E-state index in [1.165, 1.54) is 0 Å². The number of nitrogens with zero attached hydrogens (tertiary/aromatic N) is 2. The molecule has 2 rings (SSSR count). The van der Waals surface area contributed by atoms with E-state index in [4.69, 9.17) is 4.74 Å². The maximum Gasteiger partial charge on any atom is 0.215 e. The highest BCUT2D eigenvalue weighted by Crippen LogP contribution is 2.16. The number of anilines is 1. The minimum Gasteiger partial charge on any atom is -0.477 e. The van der Waals surface area contributed by atoms with Gasteiger partial charge in [-0.05, 0) is 13.1 Å². The van der Waals surface area contributed by atoms with Gasteiger partial charge in [0.2, 0.25) is 5.88 Å². The maximum atomic E-state index is 5.62. The summed E-state index contributed by atoms with van der Waals surface area (Å²) in [5, 5.41) is 2.99. The van der Waals surface area contributed by atoms with Gasteiger partial charge in [-0.1, -0.05) is 6.07 Å². The summed E-state index contributed by atoms with van der Waals surface area (Å²) in [5.74, 6) is 2.21. The van der Waals surface area contributed by atoms with Crippen LogP contribution in [0.15, 0.2) is 18.2 Å². The molecule has 0 aromatic carbocycles. The molecule has 1 aliphatic rings. The molecule has 0 atom stereocenters. The van der Waals surface area contributed by atoms with Crippen molar-refractivity contribution in [2.45, 2.75) is 0 Å². The van der Waals surface area contributed by atoms with E-state index in [1.54, 1.807) is 0 Å². The zero-order chi connectivity index (χ0) is 10.7. The summed E-state index contributed by atoms with van der Waals surface area (Å²) in [4.78, 5) is 6.58. The summed E-state index contributed by atoms with van der Waals surface area (Å²) >= 11 is 0. The zero-order valence-electron chi connectivity index (χ0n) is 9.23. The number of ether oxygens (including phenoxy) is 1. The fourth-order valence-electron chi connectivity index (χ4n) is 1.77. The van der Waals surface area contributed by atoms with Gasteiger partial charge in [-0.3, -0.25) is 0 Å². The number of likely N-dealkylation sites (tertiary alicyclic amines) is 1. The van der Waals surface area contributed by atoms with Crippen molar-refractivity contribution in [1.82, 2.24) is 9.88 Å². The van der Waals surface area contributed by atoms with Crippen molar-refractivity contribution in [1.29, 1.82) is 0 Å². The summed E-state index contributed by atoms with van der Waals surface area (Å²) in [6.07, 6.45) is 0. The van der Waals surface area contributed by atoms with Gasteiger partial charge in [0.05, 0.1) is 6.61 Å². The molecule has 15 heavy (non-hydrogen) atoms. The van der Waals surface area contributed by atoms with E-state index in [0.717, 1.165) is 25.5 Å². The van der Waals surface area contributed by atoms with E-state index in [2.05, 4.69) is 22.2 Å². The van der Waals surface area contributed by atoms with Gasteiger partial charge in [0, 0.05) is 32.1 Å². The molecule has 0 saturated carbocycles. The Kier molecular flexibility index (Phi) is 3.06. The molecular formula is C11H17N3O. The Morgan fingerprint density at radius 1 is 1.53 bits per heavy atom. The van der Waals surface area contributed by atoms with Gasteiger partial charge >= 0.3 is 0 Å². The van der Waals surface area contributed by atoms with Crippen LogP contribution in [-0.4, -0.2) is 43.7 Å². The van der Waals surface area contributed by atoms with Crippen LogP contribution in [0.2, 0.25) is 0 Å².